The highest BCUT2D eigenvalue weighted by Gasteiger charge is 2.32. The topological polar surface area (TPSA) is 75.8 Å². The normalized spacial score (nSPS) is 16.7. The highest BCUT2D eigenvalue weighted by atomic mass is 32.2. The minimum absolute atomic E-state index is 0.283. The first-order valence-electron chi connectivity index (χ1n) is 4.28. The van der Waals surface area contributed by atoms with Gasteiger partial charge in [-0.2, -0.15) is 5.26 Å². The van der Waals surface area contributed by atoms with Crippen LogP contribution in [-0.4, -0.2) is 6.04 Å². The molecule has 2 atom stereocenters. The summed E-state index contributed by atoms with van der Waals surface area (Å²) in [5.74, 6) is 0. The van der Waals surface area contributed by atoms with Gasteiger partial charge in [-0.25, -0.2) is 0 Å². The standard InChI is InChI=1S/C10H13N3S/c1-8(12)10(13,14-7-11)9-5-3-2-4-6-9/h2-6,8H,12-13H2,1H3. The average molecular weight is 207 g/mol. The second-order valence-corrected chi connectivity index (χ2v) is 4.20. The predicted octanol–water partition coefficient (Wildman–Crippen LogP) is 1.36. The maximum absolute atomic E-state index is 8.69. The summed E-state index contributed by atoms with van der Waals surface area (Å²) in [6.07, 6.45) is 0. The Hall–Kier alpha value is -1.02. The number of nitrogens with zero attached hydrogens (tertiary/aromatic N) is 1. The van der Waals surface area contributed by atoms with Crippen LogP contribution >= 0.6 is 11.8 Å². The van der Waals surface area contributed by atoms with Crippen LogP contribution < -0.4 is 11.5 Å². The van der Waals surface area contributed by atoms with Crippen LogP contribution in [0.5, 0.6) is 0 Å². The van der Waals surface area contributed by atoms with E-state index in [0.717, 1.165) is 17.3 Å². The van der Waals surface area contributed by atoms with E-state index in [4.69, 9.17) is 16.7 Å². The van der Waals surface area contributed by atoms with E-state index in [-0.39, 0.29) is 6.04 Å². The van der Waals surface area contributed by atoms with Crippen LogP contribution in [0.3, 0.4) is 0 Å². The van der Waals surface area contributed by atoms with Gasteiger partial charge < -0.3 is 11.5 Å². The fourth-order valence-corrected chi connectivity index (χ4v) is 1.78. The number of nitrogens with two attached hydrogens (primary N) is 2. The summed E-state index contributed by atoms with van der Waals surface area (Å²) in [5, 5.41) is 10.7. The Morgan fingerprint density at radius 1 is 1.43 bits per heavy atom. The predicted molar refractivity (Wildman–Crippen MR) is 59.2 cm³/mol. The lowest BCUT2D eigenvalue weighted by molar-refractivity contribution is 0.537. The minimum atomic E-state index is -0.823. The molecule has 0 aromatic heterocycles. The molecule has 4 N–H and O–H groups in total. The highest BCUT2D eigenvalue weighted by Crippen LogP contribution is 2.32. The number of thioether (sulfide) groups is 1. The molecule has 0 saturated carbocycles. The maximum atomic E-state index is 8.69. The molecule has 0 aliphatic carbocycles. The lowest BCUT2D eigenvalue weighted by Crippen LogP contribution is -2.47. The van der Waals surface area contributed by atoms with Crippen LogP contribution in [0, 0.1) is 10.7 Å². The number of benzene rings is 1. The molecule has 0 aliphatic heterocycles. The van der Waals surface area contributed by atoms with E-state index in [2.05, 4.69) is 0 Å². The van der Waals surface area contributed by atoms with Gasteiger partial charge in [-0.15, -0.1) is 0 Å². The van der Waals surface area contributed by atoms with E-state index >= 15 is 0 Å². The fourth-order valence-electron chi connectivity index (χ4n) is 1.19. The third-order valence-corrected chi connectivity index (χ3v) is 3.15. The molecule has 0 saturated heterocycles. The number of nitriles is 1. The summed E-state index contributed by atoms with van der Waals surface area (Å²) < 4.78 is 0. The van der Waals surface area contributed by atoms with Crippen molar-refractivity contribution in [1.82, 2.24) is 0 Å². The van der Waals surface area contributed by atoms with Gasteiger partial charge in [-0.05, 0) is 24.2 Å². The quantitative estimate of drug-likeness (QED) is 0.579. The zero-order valence-electron chi connectivity index (χ0n) is 7.97. The first kappa shape index (κ1) is 11.1. The molecule has 4 heteroatoms. The van der Waals surface area contributed by atoms with E-state index in [1.807, 2.05) is 35.7 Å². The van der Waals surface area contributed by atoms with Crippen molar-refractivity contribution in [2.45, 2.75) is 17.8 Å². The molecule has 1 aromatic carbocycles. The van der Waals surface area contributed by atoms with Crippen LogP contribution in [0.25, 0.3) is 0 Å². The van der Waals surface area contributed by atoms with E-state index in [0.29, 0.717) is 0 Å². The molecule has 1 aromatic rings. The van der Waals surface area contributed by atoms with E-state index in [9.17, 15) is 0 Å². The molecule has 0 heterocycles. The highest BCUT2D eigenvalue weighted by molar-refractivity contribution is 8.04. The van der Waals surface area contributed by atoms with Crippen LogP contribution in [-0.2, 0) is 4.87 Å². The Bertz CT molecular complexity index is 331. The molecule has 0 bridgehead atoms. The largest absolute Gasteiger partial charge is 0.325 e. The number of hydrogen-bond donors (Lipinski definition) is 2. The lowest BCUT2D eigenvalue weighted by Gasteiger charge is -2.30. The molecule has 74 valence electrons. The van der Waals surface area contributed by atoms with Gasteiger partial charge in [-0.3, -0.25) is 0 Å². The summed E-state index contributed by atoms with van der Waals surface area (Å²) >= 11 is 0.998. The summed E-state index contributed by atoms with van der Waals surface area (Å²) in [5.41, 5.74) is 12.8. The molecule has 2 unspecified atom stereocenters. The second kappa shape index (κ2) is 4.47. The Morgan fingerprint density at radius 2 is 2.00 bits per heavy atom. The van der Waals surface area contributed by atoms with Gasteiger partial charge in [0.05, 0.1) is 0 Å². The van der Waals surface area contributed by atoms with Crippen molar-refractivity contribution in [3.63, 3.8) is 0 Å². The summed E-state index contributed by atoms with van der Waals surface area (Å²) in [6, 6.07) is 9.16. The monoisotopic (exact) mass is 207 g/mol. The zero-order chi connectivity index (χ0) is 10.6. The maximum Gasteiger partial charge on any atom is 0.135 e. The van der Waals surface area contributed by atoms with Crippen molar-refractivity contribution >= 4 is 11.8 Å². The Balaban J connectivity index is 3.07. The second-order valence-electron chi connectivity index (χ2n) is 3.14. The number of hydrogen-bond acceptors (Lipinski definition) is 4. The summed E-state index contributed by atoms with van der Waals surface area (Å²) in [6.45, 7) is 1.80. The van der Waals surface area contributed by atoms with E-state index < -0.39 is 4.87 Å². The molecule has 14 heavy (non-hydrogen) atoms. The molecule has 0 radical (unpaired) electrons. The van der Waals surface area contributed by atoms with Crippen molar-refractivity contribution in [3.05, 3.63) is 35.9 Å². The van der Waals surface area contributed by atoms with Crippen molar-refractivity contribution in [2.75, 3.05) is 0 Å². The fraction of sp³-hybridized carbons (Fsp3) is 0.300. The molecule has 0 spiro atoms. The zero-order valence-corrected chi connectivity index (χ0v) is 8.79. The van der Waals surface area contributed by atoms with Crippen LogP contribution in [0.2, 0.25) is 0 Å². The molecule has 0 fully saturated rings. The SMILES string of the molecule is CC(N)C(N)(SC#N)c1ccccc1. The van der Waals surface area contributed by atoms with Gasteiger partial charge >= 0.3 is 0 Å². The van der Waals surface area contributed by atoms with Crippen molar-refractivity contribution in [3.8, 4) is 5.40 Å². The molecular weight excluding hydrogens is 194 g/mol. The van der Waals surface area contributed by atoms with Gasteiger partial charge in [0.15, 0.2) is 0 Å². The third kappa shape index (κ3) is 2.07. The first-order valence-corrected chi connectivity index (χ1v) is 5.10. The number of rotatable bonds is 3. The van der Waals surface area contributed by atoms with Crippen LogP contribution in [0.15, 0.2) is 30.3 Å². The summed E-state index contributed by atoms with van der Waals surface area (Å²) in [4.78, 5) is -0.823. The van der Waals surface area contributed by atoms with E-state index in [1.54, 1.807) is 6.92 Å². The van der Waals surface area contributed by atoms with Gasteiger partial charge in [0.1, 0.15) is 10.3 Å². The molecule has 3 nitrogen and oxygen atoms in total. The van der Waals surface area contributed by atoms with Crippen LogP contribution in [0.4, 0.5) is 0 Å². The molecule has 0 aliphatic rings. The van der Waals surface area contributed by atoms with E-state index in [1.165, 1.54) is 0 Å². The van der Waals surface area contributed by atoms with Crippen molar-refractivity contribution < 1.29 is 0 Å². The van der Waals surface area contributed by atoms with Gasteiger partial charge in [-0.1, -0.05) is 30.3 Å². The first-order chi connectivity index (χ1) is 6.61. The van der Waals surface area contributed by atoms with Gasteiger partial charge in [0, 0.05) is 6.04 Å². The Labute approximate surface area is 88.1 Å². The van der Waals surface area contributed by atoms with Crippen molar-refractivity contribution in [2.24, 2.45) is 11.5 Å². The van der Waals surface area contributed by atoms with Gasteiger partial charge in [0.2, 0.25) is 0 Å². The Morgan fingerprint density at radius 3 is 2.43 bits per heavy atom. The summed E-state index contributed by atoms with van der Waals surface area (Å²) in [7, 11) is 0. The average Bonchev–Trinajstić information content (AvgIpc) is 2.19. The number of thiocyanates is 1. The molecule has 0 amide bonds. The van der Waals surface area contributed by atoms with Gasteiger partial charge in [0.25, 0.3) is 0 Å². The Kier molecular flexibility index (Phi) is 3.53. The molecule has 1 rings (SSSR count). The third-order valence-electron chi connectivity index (χ3n) is 2.12. The van der Waals surface area contributed by atoms with Crippen molar-refractivity contribution in [1.29, 1.82) is 5.26 Å². The lowest BCUT2D eigenvalue weighted by atomic mass is 10.0. The van der Waals surface area contributed by atoms with Crippen LogP contribution in [0.1, 0.15) is 12.5 Å². The molecular formula is C10H13N3S. The minimum Gasteiger partial charge on any atom is -0.325 e. The smallest absolute Gasteiger partial charge is 0.135 e.